The topological polar surface area (TPSA) is 48.4 Å². The normalized spacial score (nSPS) is 11.0. The van der Waals surface area contributed by atoms with Crippen LogP contribution in [0.5, 0.6) is 5.75 Å². The summed E-state index contributed by atoms with van der Waals surface area (Å²) in [5.41, 5.74) is 8.11. The van der Waals surface area contributed by atoms with Crippen molar-refractivity contribution in [2.45, 2.75) is 20.1 Å². The monoisotopic (exact) mass is 285 g/mol. The number of furan rings is 1. The van der Waals surface area contributed by atoms with Crippen LogP contribution in [0.4, 0.5) is 4.39 Å². The maximum atomic E-state index is 13.2. The fourth-order valence-electron chi connectivity index (χ4n) is 2.35. The van der Waals surface area contributed by atoms with Gasteiger partial charge in [-0.3, -0.25) is 0 Å². The molecule has 2 aromatic carbocycles. The Kier molecular flexibility index (Phi) is 3.62. The average Bonchev–Trinajstić information content (AvgIpc) is 2.86. The van der Waals surface area contributed by atoms with Crippen molar-refractivity contribution >= 4 is 11.0 Å². The molecule has 0 saturated carbocycles. The van der Waals surface area contributed by atoms with E-state index in [9.17, 15) is 4.39 Å². The minimum atomic E-state index is -0.242. The van der Waals surface area contributed by atoms with Gasteiger partial charge in [-0.05, 0) is 36.8 Å². The molecule has 3 aromatic rings. The van der Waals surface area contributed by atoms with Gasteiger partial charge in [-0.1, -0.05) is 18.2 Å². The molecule has 3 rings (SSSR count). The molecule has 1 aromatic heterocycles. The smallest absolute Gasteiger partial charge is 0.147 e. The lowest BCUT2D eigenvalue weighted by Crippen LogP contribution is -2.02. The summed E-state index contributed by atoms with van der Waals surface area (Å²) >= 11 is 0. The Morgan fingerprint density at radius 1 is 1.19 bits per heavy atom. The number of rotatable bonds is 4. The fourth-order valence-corrected chi connectivity index (χ4v) is 2.35. The van der Waals surface area contributed by atoms with Crippen molar-refractivity contribution in [3.63, 3.8) is 0 Å². The van der Waals surface area contributed by atoms with Crippen LogP contribution < -0.4 is 10.5 Å². The molecule has 2 N–H and O–H groups in total. The number of para-hydroxylation sites is 1. The lowest BCUT2D eigenvalue weighted by Gasteiger charge is -2.07. The summed E-state index contributed by atoms with van der Waals surface area (Å²) in [5.74, 6) is 1.08. The molecule has 0 aliphatic heterocycles. The van der Waals surface area contributed by atoms with Gasteiger partial charge in [-0.25, -0.2) is 4.39 Å². The summed E-state index contributed by atoms with van der Waals surface area (Å²) in [6, 6.07) is 12.4. The molecule has 108 valence electrons. The fraction of sp³-hybridized carbons (Fsp3) is 0.176. The quantitative estimate of drug-likeness (QED) is 0.790. The first-order valence-corrected chi connectivity index (χ1v) is 6.77. The average molecular weight is 285 g/mol. The highest BCUT2D eigenvalue weighted by Crippen LogP contribution is 2.27. The van der Waals surface area contributed by atoms with Gasteiger partial charge in [0.25, 0.3) is 0 Å². The maximum Gasteiger partial charge on any atom is 0.147 e. The van der Waals surface area contributed by atoms with E-state index in [1.165, 1.54) is 6.07 Å². The first kappa shape index (κ1) is 13.6. The van der Waals surface area contributed by atoms with Crippen molar-refractivity contribution in [3.8, 4) is 5.75 Å². The zero-order valence-corrected chi connectivity index (χ0v) is 11.7. The number of ether oxygens (including phenoxy) is 1. The molecule has 21 heavy (non-hydrogen) atoms. The number of hydrogen-bond donors (Lipinski definition) is 1. The van der Waals surface area contributed by atoms with Gasteiger partial charge in [0, 0.05) is 17.5 Å². The van der Waals surface area contributed by atoms with Gasteiger partial charge in [0.1, 0.15) is 29.5 Å². The van der Waals surface area contributed by atoms with Crippen LogP contribution in [0.1, 0.15) is 16.9 Å². The molecule has 0 amide bonds. The Balaban J connectivity index is 1.86. The van der Waals surface area contributed by atoms with Crippen molar-refractivity contribution in [1.82, 2.24) is 0 Å². The van der Waals surface area contributed by atoms with Crippen LogP contribution in [0.15, 0.2) is 46.9 Å². The third kappa shape index (κ3) is 2.62. The van der Waals surface area contributed by atoms with Crippen molar-refractivity contribution in [2.75, 3.05) is 0 Å². The van der Waals surface area contributed by atoms with Gasteiger partial charge in [0.05, 0.1) is 0 Å². The van der Waals surface area contributed by atoms with E-state index in [1.807, 2.05) is 24.3 Å². The summed E-state index contributed by atoms with van der Waals surface area (Å²) < 4.78 is 24.7. The van der Waals surface area contributed by atoms with Crippen LogP contribution >= 0.6 is 0 Å². The van der Waals surface area contributed by atoms with E-state index in [-0.39, 0.29) is 12.4 Å². The number of nitrogens with two attached hydrogens (primary N) is 1. The molecular formula is C17H16FNO2. The summed E-state index contributed by atoms with van der Waals surface area (Å²) in [6.45, 7) is 2.36. The van der Waals surface area contributed by atoms with Crippen molar-refractivity contribution in [3.05, 3.63) is 65.2 Å². The third-order valence-electron chi connectivity index (χ3n) is 3.49. The van der Waals surface area contributed by atoms with Gasteiger partial charge < -0.3 is 14.9 Å². The number of aryl methyl sites for hydroxylation is 1. The molecule has 0 atom stereocenters. The summed E-state index contributed by atoms with van der Waals surface area (Å²) in [6.07, 6.45) is 0. The number of hydrogen-bond acceptors (Lipinski definition) is 3. The van der Waals surface area contributed by atoms with E-state index in [1.54, 1.807) is 19.1 Å². The minimum Gasteiger partial charge on any atom is -0.486 e. The Morgan fingerprint density at radius 2 is 2.00 bits per heavy atom. The van der Waals surface area contributed by atoms with Crippen LogP contribution in [-0.2, 0) is 13.2 Å². The molecule has 0 radical (unpaired) electrons. The molecule has 4 heteroatoms. The van der Waals surface area contributed by atoms with Crippen LogP contribution in [-0.4, -0.2) is 0 Å². The van der Waals surface area contributed by atoms with E-state index >= 15 is 0 Å². The molecule has 0 aliphatic rings. The maximum absolute atomic E-state index is 13.2. The summed E-state index contributed by atoms with van der Waals surface area (Å²) in [4.78, 5) is 0. The van der Waals surface area contributed by atoms with E-state index in [0.29, 0.717) is 23.6 Å². The molecule has 0 saturated heterocycles. The number of fused-ring (bicyclic) bond motifs is 1. The second kappa shape index (κ2) is 5.58. The SMILES string of the molecule is Cc1cc(OCc2oc3ccccc3c2CN)ccc1F. The standard InChI is InChI=1S/C17H16FNO2/c1-11-8-12(6-7-15(11)18)20-10-17-14(9-19)13-4-2-3-5-16(13)21-17/h2-8H,9-10,19H2,1H3. The Bertz CT molecular complexity index is 780. The number of benzene rings is 2. The molecule has 0 spiro atoms. The molecule has 0 bridgehead atoms. The Morgan fingerprint density at radius 3 is 2.76 bits per heavy atom. The molecular weight excluding hydrogens is 269 g/mol. The second-order valence-electron chi connectivity index (χ2n) is 4.90. The number of halogens is 1. The molecule has 0 aliphatic carbocycles. The van der Waals surface area contributed by atoms with Crippen LogP contribution in [0.25, 0.3) is 11.0 Å². The van der Waals surface area contributed by atoms with E-state index in [0.717, 1.165) is 16.5 Å². The van der Waals surface area contributed by atoms with Crippen molar-refractivity contribution in [1.29, 1.82) is 0 Å². The first-order chi connectivity index (χ1) is 10.2. The lowest BCUT2D eigenvalue weighted by molar-refractivity contribution is 0.272. The molecule has 0 unspecified atom stereocenters. The molecule has 3 nitrogen and oxygen atoms in total. The lowest BCUT2D eigenvalue weighted by atomic mass is 10.1. The minimum absolute atomic E-state index is 0.242. The van der Waals surface area contributed by atoms with Crippen LogP contribution in [0, 0.1) is 12.7 Å². The highest BCUT2D eigenvalue weighted by Gasteiger charge is 2.13. The van der Waals surface area contributed by atoms with E-state index in [4.69, 9.17) is 14.9 Å². The first-order valence-electron chi connectivity index (χ1n) is 6.77. The van der Waals surface area contributed by atoms with Gasteiger partial charge in [-0.2, -0.15) is 0 Å². The van der Waals surface area contributed by atoms with Crippen molar-refractivity contribution < 1.29 is 13.5 Å². The van der Waals surface area contributed by atoms with Gasteiger partial charge >= 0.3 is 0 Å². The summed E-state index contributed by atoms with van der Waals surface area (Å²) in [7, 11) is 0. The molecule has 1 heterocycles. The highest BCUT2D eigenvalue weighted by molar-refractivity contribution is 5.82. The summed E-state index contributed by atoms with van der Waals surface area (Å²) in [5, 5.41) is 1.01. The van der Waals surface area contributed by atoms with E-state index < -0.39 is 0 Å². The van der Waals surface area contributed by atoms with Crippen LogP contribution in [0.2, 0.25) is 0 Å². The zero-order valence-electron chi connectivity index (χ0n) is 11.7. The van der Waals surface area contributed by atoms with Gasteiger partial charge in [0.15, 0.2) is 0 Å². The molecule has 0 fully saturated rings. The van der Waals surface area contributed by atoms with Gasteiger partial charge in [0.2, 0.25) is 0 Å². The Labute approximate surface area is 122 Å². The van der Waals surface area contributed by atoms with Crippen molar-refractivity contribution in [2.24, 2.45) is 5.73 Å². The van der Waals surface area contributed by atoms with E-state index in [2.05, 4.69) is 0 Å². The van der Waals surface area contributed by atoms with Crippen LogP contribution in [0.3, 0.4) is 0 Å². The zero-order chi connectivity index (χ0) is 14.8. The largest absolute Gasteiger partial charge is 0.486 e. The Hall–Kier alpha value is -2.33. The highest BCUT2D eigenvalue weighted by atomic mass is 19.1. The second-order valence-corrected chi connectivity index (χ2v) is 4.90. The predicted molar refractivity (Wildman–Crippen MR) is 79.6 cm³/mol. The predicted octanol–water partition coefficient (Wildman–Crippen LogP) is 3.92. The van der Waals surface area contributed by atoms with Gasteiger partial charge in [-0.15, -0.1) is 0 Å². The third-order valence-corrected chi connectivity index (χ3v) is 3.49.